The van der Waals surface area contributed by atoms with Gasteiger partial charge in [-0.25, -0.2) is 4.98 Å². The van der Waals surface area contributed by atoms with E-state index in [9.17, 15) is 0 Å². The highest BCUT2D eigenvalue weighted by molar-refractivity contribution is 7.99. The largest absolute Gasteiger partial charge is 0.248 e. The minimum atomic E-state index is 0.490. The van der Waals surface area contributed by atoms with Crippen LogP contribution in [0.4, 0.5) is 0 Å². The zero-order chi connectivity index (χ0) is 9.68. The Labute approximate surface area is 87.0 Å². The highest BCUT2D eigenvalue weighted by Gasteiger charge is 2.02. The Morgan fingerprint density at radius 2 is 2.46 bits per heavy atom. The molecule has 0 aromatic carbocycles. The summed E-state index contributed by atoms with van der Waals surface area (Å²) < 4.78 is 0. The number of aromatic nitrogens is 1. The van der Waals surface area contributed by atoms with Gasteiger partial charge in [-0.2, -0.15) is 17.0 Å². The minimum absolute atomic E-state index is 0.490. The molecule has 2 nitrogen and oxygen atoms in total. The first-order valence-corrected chi connectivity index (χ1v) is 6.01. The molecule has 0 saturated heterocycles. The van der Waals surface area contributed by atoms with Crippen LogP contribution in [-0.2, 0) is 12.2 Å². The fraction of sp³-hybridized carbons (Fsp3) is 0.556. The third-order valence-corrected chi connectivity index (χ3v) is 3.68. The number of nitriles is 1. The van der Waals surface area contributed by atoms with Crippen LogP contribution >= 0.6 is 23.1 Å². The van der Waals surface area contributed by atoms with Gasteiger partial charge in [0.05, 0.1) is 12.5 Å². The van der Waals surface area contributed by atoms with E-state index in [1.54, 1.807) is 11.3 Å². The van der Waals surface area contributed by atoms with E-state index in [1.807, 2.05) is 18.0 Å². The second kappa shape index (κ2) is 5.25. The number of nitrogens with zero attached hydrogens (tertiary/aromatic N) is 2. The van der Waals surface area contributed by atoms with E-state index in [2.05, 4.69) is 24.9 Å². The van der Waals surface area contributed by atoms with E-state index in [0.717, 1.165) is 15.6 Å². The van der Waals surface area contributed by atoms with Gasteiger partial charge in [-0.15, -0.1) is 11.3 Å². The fourth-order valence-corrected chi connectivity index (χ4v) is 2.45. The van der Waals surface area contributed by atoms with Crippen LogP contribution in [0.15, 0.2) is 6.20 Å². The van der Waals surface area contributed by atoms with Crippen LogP contribution in [-0.4, -0.2) is 10.2 Å². The van der Waals surface area contributed by atoms with Crippen LogP contribution in [0.2, 0.25) is 0 Å². The Morgan fingerprint density at radius 1 is 1.69 bits per heavy atom. The summed E-state index contributed by atoms with van der Waals surface area (Å²) in [5.74, 6) is 0.966. The van der Waals surface area contributed by atoms with E-state index in [1.165, 1.54) is 0 Å². The van der Waals surface area contributed by atoms with Crippen LogP contribution in [0, 0.1) is 11.3 Å². The third kappa shape index (κ3) is 3.79. The molecule has 0 amide bonds. The first kappa shape index (κ1) is 10.6. The summed E-state index contributed by atoms with van der Waals surface area (Å²) in [6.07, 6.45) is 2.30. The van der Waals surface area contributed by atoms with Crippen molar-refractivity contribution in [3.63, 3.8) is 0 Å². The predicted molar refractivity (Wildman–Crippen MR) is 57.9 cm³/mol. The van der Waals surface area contributed by atoms with Crippen molar-refractivity contribution in [1.29, 1.82) is 5.26 Å². The zero-order valence-electron chi connectivity index (χ0n) is 7.78. The summed E-state index contributed by atoms with van der Waals surface area (Å²) in [6, 6.07) is 2.13. The van der Waals surface area contributed by atoms with Gasteiger partial charge in [0.15, 0.2) is 0 Å². The molecule has 70 valence electrons. The highest BCUT2D eigenvalue weighted by atomic mass is 32.2. The molecular formula is C9H12N2S2. The standard InChI is InChI=1S/C9H12N2S2/c1-7(2)12-6-9-11-5-8(13-9)3-4-10/h5,7H,3,6H2,1-2H3. The van der Waals surface area contributed by atoms with Crippen molar-refractivity contribution < 1.29 is 0 Å². The molecule has 0 fully saturated rings. The van der Waals surface area contributed by atoms with Crippen LogP contribution in [0.25, 0.3) is 0 Å². The first-order chi connectivity index (χ1) is 6.22. The molecular weight excluding hydrogens is 200 g/mol. The second-order valence-corrected chi connectivity index (χ2v) is 5.68. The van der Waals surface area contributed by atoms with Gasteiger partial charge in [-0.05, 0) is 5.25 Å². The number of rotatable bonds is 4. The number of hydrogen-bond acceptors (Lipinski definition) is 4. The number of thiazole rings is 1. The molecule has 0 aliphatic heterocycles. The maximum Gasteiger partial charge on any atom is 0.103 e. The monoisotopic (exact) mass is 212 g/mol. The Morgan fingerprint density at radius 3 is 3.08 bits per heavy atom. The molecule has 1 aromatic heterocycles. The van der Waals surface area contributed by atoms with Gasteiger partial charge >= 0.3 is 0 Å². The van der Waals surface area contributed by atoms with Gasteiger partial charge < -0.3 is 0 Å². The molecule has 0 radical (unpaired) electrons. The van der Waals surface area contributed by atoms with Crippen LogP contribution in [0.5, 0.6) is 0 Å². The molecule has 0 N–H and O–H groups in total. The zero-order valence-corrected chi connectivity index (χ0v) is 9.41. The maximum absolute atomic E-state index is 8.47. The third-order valence-electron chi connectivity index (χ3n) is 1.39. The first-order valence-electron chi connectivity index (χ1n) is 4.14. The minimum Gasteiger partial charge on any atom is -0.248 e. The van der Waals surface area contributed by atoms with Gasteiger partial charge in [0.25, 0.3) is 0 Å². The van der Waals surface area contributed by atoms with Crippen LogP contribution in [0.3, 0.4) is 0 Å². The predicted octanol–water partition coefficient (Wildman–Crippen LogP) is 2.85. The average molecular weight is 212 g/mol. The quantitative estimate of drug-likeness (QED) is 0.770. The molecule has 0 aliphatic carbocycles. The van der Waals surface area contributed by atoms with Gasteiger partial charge in [-0.3, -0.25) is 0 Å². The molecule has 0 atom stereocenters. The smallest absolute Gasteiger partial charge is 0.103 e. The van der Waals surface area contributed by atoms with Crippen molar-refractivity contribution >= 4 is 23.1 Å². The fourth-order valence-electron chi connectivity index (χ4n) is 0.812. The summed E-state index contributed by atoms with van der Waals surface area (Å²) in [5.41, 5.74) is 0. The van der Waals surface area contributed by atoms with E-state index < -0.39 is 0 Å². The lowest BCUT2D eigenvalue weighted by atomic mass is 10.4. The normalized spacial score (nSPS) is 10.3. The molecule has 1 aromatic rings. The summed E-state index contributed by atoms with van der Waals surface area (Å²) in [4.78, 5) is 5.32. The Hall–Kier alpha value is -0.530. The second-order valence-electron chi connectivity index (χ2n) is 2.91. The summed E-state index contributed by atoms with van der Waals surface area (Å²) in [6.45, 7) is 4.35. The van der Waals surface area contributed by atoms with E-state index in [4.69, 9.17) is 5.26 Å². The van der Waals surface area contributed by atoms with Gasteiger partial charge in [0.1, 0.15) is 5.01 Å². The molecule has 0 unspecified atom stereocenters. The topological polar surface area (TPSA) is 36.7 Å². The lowest BCUT2D eigenvalue weighted by Gasteiger charge is -2.00. The van der Waals surface area contributed by atoms with Gasteiger partial charge in [0.2, 0.25) is 0 Å². The summed E-state index contributed by atoms with van der Waals surface area (Å²) in [5, 5.41) is 10.2. The SMILES string of the molecule is CC(C)SCc1ncc(CC#N)s1. The Balaban J connectivity index is 2.45. The van der Waals surface area contributed by atoms with Crippen molar-refractivity contribution in [1.82, 2.24) is 4.98 Å². The molecule has 1 rings (SSSR count). The highest BCUT2D eigenvalue weighted by Crippen LogP contribution is 2.21. The van der Waals surface area contributed by atoms with E-state index >= 15 is 0 Å². The van der Waals surface area contributed by atoms with E-state index in [-0.39, 0.29) is 0 Å². The van der Waals surface area contributed by atoms with Crippen molar-refractivity contribution in [2.75, 3.05) is 0 Å². The van der Waals surface area contributed by atoms with Crippen molar-refractivity contribution in [3.05, 3.63) is 16.1 Å². The van der Waals surface area contributed by atoms with Crippen LogP contribution in [0.1, 0.15) is 23.7 Å². The average Bonchev–Trinajstić information content (AvgIpc) is 2.50. The van der Waals surface area contributed by atoms with E-state index in [0.29, 0.717) is 11.7 Å². The lowest BCUT2D eigenvalue weighted by molar-refractivity contribution is 1.10. The van der Waals surface area contributed by atoms with Gasteiger partial charge in [0, 0.05) is 16.8 Å². The van der Waals surface area contributed by atoms with Crippen molar-refractivity contribution in [2.45, 2.75) is 31.3 Å². The number of hydrogen-bond donors (Lipinski definition) is 0. The molecule has 13 heavy (non-hydrogen) atoms. The maximum atomic E-state index is 8.47. The lowest BCUT2D eigenvalue weighted by Crippen LogP contribution is -1.87. The molecule has 0 bridgehead atoms. The van der Waals surface area contributed by atoms with Crippen molar-refractivity contribution in [3.8, 4) is 6.07 Å². The van der Waals surface area contributed by atoms with Gasteiger partial charge in [-0.1, -0.05) is 13.8 Å². The molecule has 0 spiro atoms. The molecule has 0 aliphatic rings. The molecule has 4 heteroatoms. The Bertz CT molecular complexity index is 299. The molecule has 0 saturated carbocycles. The van der Waals surface area contributed by atoms with Crippen LogP contribution < -0.4 is 0 Å². The summed E-state index contributed by atoms with van der Waals surface area (Å²) >= 11 is 3.53. The molecule has 1 heterocycles. The van der Waals surface area contributed by atoms with Crippen molar-refractivity contribution in [2.24, 2.45) is 0 Å². The number of thioether (sulfide) groups is 1. The Kier molecular flexibility index (Phi) is 4.26. The summed E-state index contributed by atoms with van der Waals surface area (Å²) in [7, 11) is 0.